The lowest BCUT2D eigenvalue weighted by atomic mass is 9.79. The first-order valence-electron chi connectivity index (χ1n) is 6.51. The Bertz CT molecular complexity index is 271. The molecule has 1 fully saturated rings. The fourth-order valence-electron chi connectivity index (χ4n) is 2.40. The van der Waals surface area contributed by atoms with Crippen LogP contribution in [0.5, 0.6) is 0 Å². The van der Waals surface area contributed by atoms with Crippen molar-refractivity contribution in [1.29, 1.82) is 0 Å². The van der Waals surface area contributed by atoms with Gasteiger partial charge in [-0.1, -0.05) is 19.8 Å². The maximum Gasteiger partial charge on any atom is 0.223 e. The first-order valence-corrected chi connectivity index (χ1v) is 8.00. The second-order valence-electron chi connectivity index (χ2n) is 4.61. The van der Waals surface area contributed by atoms with Gasteiger partial charge in [0.1, 0.15) is 0 Å². The van der Waals surface area contributed by atoms with Crippen LogP contribution in [0.15, 0.2) is 0 Å². The molecule has 1 amide bonds. The van der Waals surface area contributed by atoms with Gasteiger partial charge in [0.25, 0.3) is 0 Å². The summed E-state index contributed by atoms with van der Waals surface area (Å²) in [6.07, 6.45) is 4.32. The highest BCUT2D eigenvalue weighted by atomic mass is 32.2. The number of hydrogen-bond donors (Lipinski definition) is 2. The van der Waals surface area contributed by atoms with E-state index in [1.54, 1.807) is 0 Å². The average molecular weight is 260 g/mol. The van der Waals surface area contributed by atoms with Crippen LogP contribution in [-0.4, -0.2) is 34.7 Å². The summed E-state index contributed by atoms with van der Waals surface area (Å²) in [4.78, 5) is 12.0. The molecule has 5 heteroatoms. The Kier molecular flexibility index (Phi) is 6.73. The Hall–Kier alpha value is -0.420. The largest absolute Gasteiger partial charge is 0.355 e. The Labute approximate surface area is 106 Å². The first-order chi connectivity index (χ1) is 8.19. The van der Waals surface area contributed by atoms with Gasteiger partial charge in [-0.3, -0.25) is 9.00 Å². The highest BCUT2D eigenvalue weighted by Crippen LogP contribution is 2.29. The Morgan fingerprint density at radius 3 is 2.76 bits per heavy atom. The van der Waals surface area contributed by atoms with Crippen LogP contribution in [0.2, 0.25) is 0 Å². The highest BCUT2D eigenvalue weighted by Gasteiger charge is 2.29. The molecule has 3 unspecified atom stereocenters. The molecule has 1 rings (SSSR count). The number of rotatable bonds is 6. The predicted molar refractivity (Wildman–Crippen MR) is 71.1 cm³/mol. The van der Waals surface area contributed by atoms with E-state index in [1.807, 2.05) is 6.92 Å². The number of nitrogens with two attached hydrogens (primary N) is 1. The van der Waals surface area contributed by atoms with Crippen molar-refractivity contribution in [2.75, 3.05) is 24.6 Å². The molecule has 0 aromatic rings. The second kappa shape index (κ2) is 7.82. The number of nitrogens with one attached hydrogen (secondary N) is 1. The van der Waals surface area contributed by atoms with Gasteiger partial charge in [-0.25, -0.2) is 0 Å². The van der Waals surface area contributed by atoms with E-state index in [0.717, 1.165) is 19.3 Å². The average Bonchev–Trinajstić information content (AvgIpc) is 2.38. The van der Waals surface area contributed by atoms with Crippen LogP contribution in [-0.2, 0) is 15.6 Å². The van der Waals surface area contributed by atoms with Crippen molar-refractivity contribution in [3.8, 4) is 0 Å². The van der Waals surface area contributed by atoms with E-state index in [1.165, 1.54) is 6.42 Å². The van der Waals surface area contributed by atoms with E-state index in [2.05, 4.69) is 5.32 Å². The Balaban J connectivity index is 2.32. The summed E-state index contributed by atoms with van der Waals surface area (Å²) >= 11 is 0. The summed E-state index contributed by atoms with van der Waals surface area (Å²) < 4.78 is 11.2. The van der Waals surface area contributed by atoms with Crippen molar-refractivity contribution in [1.82, 2.24) is 5.32 Å². The van der Waals surface area contributed by atoms with E-state index in [4.69, 9.17) is 5.73 Å². The van der Waals surface area contributed by atoms with Gasteiger partial charge in [0.2, 0.25) is 5.91 Å². The fraction of sp³-hybridized carbons (Fsp3) is 0.917. The molecule has 0 aromatic heterocycles. The lowest BCUT2D eigenvalue weighted by molar-refractivity contribution is -0.127. The second-order valence-corrected chi connectivity index (χ2v) is 6.48. The molecule has 0 aromatic carbocycles. The third kappa shape index (κ3) is 4.76. The molecule has 3 atom stereocenters. The molecular weight excluding hydrogens is 236 g/mol. The molecule has 100 valence electrons. The molecule has 1 saturated carbocycles. The van der Waals surface area contributed by atoms with Gasteiger partial charge in [0, 0.05) is 34.8 Å². The minimum atomic E-state index is -0.798. The molecule has 0 heterocycles. The van der Waals surface area contributed by atoms with E-state index >= 15 is 0 Å². The predicted octanol–water partition coefficient (Wildman–Crippen LogP) is 0.636. The highest BCUT2D eigenvalue weighted by molar-refractivity contribution is 7.84. The molecule has 1 aliphatic rings. The molecule has 17 heavy (non-hydrogen) atoms. The van der Waals surface area contributed by atoms with Crippen LogP contribution in [0, 0.1) is 11.8 Å². The third-order valence-electron chi connectivity index (χ3n) is 3.50. The van der Waals surface area contributed by atoms with Gasteiger partial charge in [-0.15, -0.1) is 0 Å². The van der Waals surface area contributed by atoms with Crippen LogP contribution in [0.3, 0.4) is 0 Å². The zero-order chi connectivity index (χ0) is 12.7. The minimum absolute atomic E-state index is 0.0730. The van der Waals surface area contributed by atoms with Gasteiger partial charge >= 0.3 is 0 Å². The number of carbonyl (C=O) groups excluding carboxylic acids is 1. The van der Waals surface area contributed by atoms with Gasteiger partial charge in [-0.05, 0) is 25.3 Å². The summed E-state index contributed by atoms with van der Waals surface area (Å²) in [6, 6.07) is 0. The minimum Gasteiger partial charge on any atom is -0.355 e. The van der Waals surface area contributed by atoms with Crippen molar-refractivity contribution in [2.24, 2.45) is 17.6 Å². The summed E-state index contributed by atoms with van der Waals surface area (Å²) in [5, 5.41) is 2.89. The Morgan fingerprint density at radius 1 is 1.41 bits per heavy atom. The van der Waals surface area contributed by atoms with Crippen LogP contribution in [0.1, 0.15) is 32.6 Å². The van der Waals surface area contributed by atoms with Crippen molar-refractivity contribution in [3.05, 3.63) is 0 Å². The topological polar surface area (TPSA) is 72.2 Å². The SMILES string of the molecule is CCS(=O)CCNC(=O)C1CCCCC1CN. The van der Waals surface area contributed by atoms with E-state index < -0.39 is 10.8 Å². The first kappa shape index (κ1) is 14.6. The van der Waals surface area contributed by atoms with Crippen molar-refractivity contribution < 1.29 is 9.00 Å². The molecule has 0 aliphatic heterocycles. The summed E-state index contributed by atoms with van der Waals surface area (Å²) in [7, 11) is -0.798. The lowest BCUT2D eigenvalue weighted by Crippen LogP contribution is -2.40. The maximum atomic E-state index is 12.0. The van der Waals surface area contributed by atoms with Gasteiger partial charge in [0.15, 0.2) is 0 Å². The molecule has 0 bridgehead atoms. The fourth-order valence-corrected chi connectivity index (χ4v) is 3.02. The molecular formula is C12H24N2O2S. The quantitative estimate of drug-likeness (QED) is 0.736. The van der Waals surface area contributed by atoms with E-state index in [9.17, 15) is 9.00 Å². The van der Waals surface area contributed by atoms with Crippen molar-refractivity contribution in [2.45, 2.75) is 32.6 Å². The summed E-state index contributed by atoms with van der Waals surface area (Å²) in [5.41, 5.74) is 5.70. The lowest BCUT2D eigenvalue weighted by Gasteiger charge is -2.29. The van der Waals surface area contributed by atoms with Crippen molar-refractivity contribution in [3.63, 3.8) is 0 Å². The normalized spacial score (nSPS) is 26.5. The monoisotopic (exact) mass is 260 g/mol. The number of carbonyl (C=O) groups is 1. The molecule has 0 radical (unpaired) electrons. The Morgan fingerprint density at radius 2 is 2.12 bits per heavy atom. The molecule has 0 saturated heterocycles. The smallest absolute Gasteiger partial charge is 0.223 e. The zero-order valence-electron chi connectivity index (χ0n) is 10.6. The van der Waals surface area contributed by atoms with Crippen LogP contribution in [0.4, 0.5) is 0 Å². The molecule has 1 aliphatic carbocycles. The maximum absolute atomic E-state index is 12.0. The van der Waals surface area contributed by atoms with Crippen LogP contribution in [0.25, 0.3) is 0 Å². The molecule has 0 spiro atoms. The number of hydrogen-bond acceptors (Lipinski definition) is 3. The van der Waals surface area contributed by atoms with Gasteiger partial charge in [-0.2, -0.15) is 0 Å². The van der Waals surface area contributed by atoms with Gasteiger partial charge < -0.3 is 11.1 Å². The summed E-state index contributed by atoms with van der Waals surface area (Å²) in [6.45, 7) is 3.01. The van der Waals surface area contributed by atoms with Gasteiger partial charge in [0.05, 0.1) is 0 Å². The van der Waals surface area contributed by atoms with Crippen molar-refractivity contribution >= 4 is 16.7 Å². The summed E-state index contributed by atoms with van der Waals surface area (Å²) in [5.74, 6) is 1.73. The third-order valence-corrected chi connectivity index (χ3v) is 4.80. The molecule has 3 N–H and O–H groups in total. The van der Waals surface area contributed by atoms with Crippen LogP contribution < -0.4 is 11.1 Å². The molecule has 4 nitrogen and oxygen atoms in total. The standard InChI is InChI=1S/C12H24N2O2S/c1-2-17(16)8-7-14-12(15)11-6-4-3-5-10(11)9-13/h10-11H,2-9,13H2,1H3,(H,14,15). The zero-order valence-corrected chi connectivity index (χ0v) is 11.4. The van der Waals surface area contributed by atoms with E-state index in [-0.39, 0.29) is 11.8 Å². The van der Waals surface area contributed by atoms with E-state index in [0.29, 0.717) is 30.5 Å². The number of amides is 1. The van der Waals surface area contributed by atoms with Crippen LogP contribution >= 0.6 is 0 Å².